The molecule has 3 atom stereocenters. The summed E-state index contributed by atoms with van der Waals surface area (Å²) in [7, 11) is 0. The Morgan fingerprint density at radius 3 is 2.75 bits per heavy atom. The van der Waals surface area contributed by atoms with Gasteiger partial charge >= 0.3 is 6.18 Å². The molecule has 7 rings (SSSR count). The zero-order valence-electron chi connectivity index (χ0n) is 21.0. The van der Waals surface area contributed by atoms with Crippen LogP contribution in [0.25, 0.3) is 33.3 Å². The fraction of sp³-hybridized carbons (Fsp3) is 0.333. The van der Waals surface area contributed by atoms with Crippen molar-refractivity contribution in [2.75, 3.05) is 24.5 Å². The summed E-state index contributed by atoms with van der Waals surface area (Å²) >= 11 is 6.62. The molecular weight excluding hydrogens is 548 g/mol. The second-order valence-corrected chi connectivity index (χ2v) is 10.9. The van der Waals surface area contributed by atoms with Crippen molar-refractivity contribution in [3.05, 3.63) is 65.2 Å². The van der Waals surface area contributed by atoms with E-state index in [1.807, 2.05) is 12.1 Å². The highest BCUT2D eigenvalue weighted by Crippen LogP contribution is 2.63. The summed E-state index contributed by atoms with van der Waals surface area (Å²) < 4.78 is 54.1. The van der Waals surface area contributed by atoms with E-state index in [2.05, 4.69) is 25.2 Å². The molecule has 1 aliphatic carbocycles. The number of aromatic nitrogens is 6. The monoisotopic (exact) mass is 570 g/mol. The van der Waals surface area contributed by atoms with Gasteiger partial charge in [0, 0.05) is 42.2 Å². The van der Waals surface area contributed by atoms with Crippen LogP contribution >= 0.6 is 11.6 Å². The van der Waals surface area contributed by atoms with Crippen LogP contribution in [0.4, 0.5) is 23.4 Å². The lowest BCUT2D eigenvalue weighted by Crippen LogP contribution is -2.32. The van der Waals surface area contributed by atoms with Crippen molar-refractivity contribution >= 4 is 39.5 Å². The lowest BCUT2D eigenvalue weighted by Gasteiger charge is -2.26. The predicted octanol–water partition coefficient (Wildman–Crippen LogP) is 5.08. The molecule has 2 fully saturated rings. The van der Waals surface area contributed by atoms with Crippen LogP contribution in [0.1, 0.15) is 12.0 Å². The molecule has 2 aliphatic rings. The van der Waals surface area contributed by atoms with E-state index < -0.39 is 12.7 Å². The molecule has 0 amide bonds. The van der Waals surface area contributed by atoms with Crippen molar-refractivity contribution in [1.82, 2.24) is 29.9 Å². The average molecular weight is 571 g/mol. The Bertz CT molecular complexity index is 1760. The number of piperidine rings is 1. The highest BCUT2D eigenvalue weighted by molar-refractivity contribution is 6.38. The molecule has 3 N–H and O–H groups in total. The van der Waals surface area contributed by atoms with E-state index in [1.165, 1.54) is 12.3 Å². The van der Waals surface area contributed by atoms with E-state index in [-0.39, 0.29) is 22.2 Å². The van der Waals surface area contributed by atoms with E-state index in [1.54, 1.807) is 24.4 Å². The zero-order chi connectivity index (χ0) is 27.8. The van der Waals surface area contributed by atoms with Crippen LogP contribution in [0.5, 0.6) is 0 Å². The number of hydrogen-bond acceptors (Lipinski definition) is 6. The normalized spacial score (nSPS) is 22.7. The minimum absolute atomic E-state index is 0.208. The number of rotatable bonds is 5. The number of H-pyrrole nitrogens is 1. The second kappa shape index (κ2) is 8.87. The smallest absolute Gasteiger partial charge is 0.355 e. The summed E-state index contributed by atoms with van der Waals surface area (Å²) in [4.78, 5) is 11.5. The molecule has 13 heteroatoms. The van der Waals surface area contributed by atoms with E-state index in [0.29, 0.717) is 63.7 Å². The number of alkyl halides is 3. The van der Waals surface area contributed by atoms with Gasteiger partial charge in [-0.1, -0.05) is 29.8 Å². The molecule has 206 valence electrons. The Morgan fingerprint density at radius 1 is 1.15 bits per heavy atom. The first-order chi connectivity index (χ1) is 19.2. The molecule has 0 bridgehead atoms. The Morgan fingerprint density at radius 2 is 1.98 bits per heavy atom. The second-order valence-electron chi connectivity index (χ2n) is 10.5. The largest absolute Gasteiger partial charge is 0.408 e. The molecule has 8 nitrogen and oxygen atoms in total. The minimum Gasteiger partial charge on any atom is -0.355 e. The fourth-order valence-electron chi connectivity index (χ4n) is 6.53. The Balaban J connectivity index is 1.17. The van der Waals surface area contributed by atoms with E-state index >= 15 is 0 Å². The number of fused-ring (bicyclic) bond motifs is 3. The van der Waals surface area contributed by atoms with Crippen molar-refractivity contribution in [2.24, 2.45) is 17.6 Å². The SMILES string of the molecule is NC[C@]1(c2ccccc2F)[C@@H]2CCN(c3cnc4c(-c5ccc6nn(CC(F)(F)F)cc6c5Cl)[nH]nc4n3)C[C@@H]21. The van der Waals surface area contributed by atoms with E-state index in [9.17, 15) is 17.6 Å². The molecule has 1 saturated heterocycles. The average Bonchev–Trinajstić information content (AvgIpc) is 3.17. The Labute approximate surface area is 230 Å². The molecule has 2 aromatic carbocycles. The van der Waals surface area contributed by atoms with Gasteiger partial charge in [-0.05, 0) is 42.0 Å². The molecule has 5 aromatic rings. The molecule has 1 aliphatic heterocycles. The van der Waals surface area contributed by atoms with Gasteiger partial charge in [-0.25, -0.2) is 14.4 Å². The zero-order valence-corrected chi connectivity index (χ0v) is 21.7. The number of nitrogens with one attached hydrogen (secondary N) is 1. The summed E-state index contributed by atoms with van der Waals surface area (Å²) in [6.45, 7) is 0.585. The van der Waals surface area contributed by atoms with Crippen LogP contribution in [-0.2, 0) is 12.0 Å². The predicted molar refractivity (Wildman–Crippen MR) is 142 cm³/mol. The van der Waals surface area contributed by atoms with Crippen LogP contribution in [0, 0.1) is 17.7 Å². The van der Waals surface area contributed by atoms with Gasteiger partial charge in [0.1, 0.15) is 23.7 Å². The number of nitrogens with zero attached hydrogens (tertiary/aromatic N) is 6. The van der Waals surface area contributed by atoms with Gasteiger partial charge in [-0.15, -0.1) is 0 Å². The standard InChI is InChI=1S/C27H23ClF4N8/c28-22-14(5-6-20-15(22)10-40(38-20)13-27(30,31)32)23-24-25(37-36-23)35-21(9-34-24)39-8-7-16-18(11-39)26(16,12-33)17-3-1-2-4-19(17)29/h1-6,9-10,16,18H,7-8,11-13,33H2,(H,35,36,37)/t16-,18+,26-/m1/s1. The molecule has 4 heterocycles. The number of nitrogens with two attached hydrogens (primary N) is 1. The third-order valence-electron chi connectivity index (χ3n) is 8.40. The van der Waals surface area contributed by atoms with Crippen molar-refractivity contribution in [2.45, 2.75) is 24.6 Å². The summed E-state index contributed by atoms with van der Waals surface area (Å²) in [5, 5.41) is 11.9. The van der Waals surface area contributed by atoms with E-state index in [4.69, 9.17) is 22.3 Å². The summed E-state index contributed by atoms with van der Waals surface area (Å²) in [5.74, 6) is 0.963. The number of aromatic amines is 1. The summed E-state index contributed by atoms with van der Waals surface area (Å²) in [6, 6.07) is 10.2. The molecular formula is C27H23ClF4N8. The maximum atomic E-state index is 14.7. The first-order valence-corrected chi connectivity index (χ1v) is 13.2. The fourth-order valence-corrected chi connectivity index (χ4v) is 6.83. The van der Waals surface area contributed by atoms with Crippen molar-refractivity contribution < 1.29 is 17.6 Å². The van der Waals surface area contributed by atoms with Gasteiger partial charge in [0.2, 0.25) is 5.65 Å². The van der Waals surface area contributed by atoms with Crippen molar-refractivity contribution in [3.63, 3.8) is 0 Å². The highest BCUT2D eigenvalue weighted by atomic mass is 35.5. The van der Waals surface area contributed by atoms with E-state index in [0.717, 1.165) is 17.6 Å². The molecule has 1 saturated carbocycles. The topological polar surface area (TPSA) is 102 Å². The number of anilines is 1. The van der Waals surface area contributed by atoms with Crippen molar-refractivity contribution in [1.29, 1.82) is 0 Å². The van der Waals surface area contributed by atoms with Gasteiger partial charge in [0.25, 0.3) is 0 Å². The maximum absolute atomic E-state index is 14.7. The van der Waals surface area contributed by atoms with Crippen LogP contribution in [0.15, 0.2) is 48.8 Å². The van der Waals surface area contributed by atoms with Gasteiger partial charge < -0.3 is 10.6 Å². The molecule has 40 heavy (non-hydrogen) atoms. The first-order valence-electron chi connectivity index (χ1n) is 12.8. The third kappa shape index (κ3) is 3.84. The molecule has 3 aromatic heterocycles. The highest BCUT2D eigenvalue weighted by Gasteiger charge is 2.66. The van der Waals surface area contributed by atoms with Crippen LogP contribution in [-0.4, -0.2) is 55.8 Å². The van der Waals surface area contributed by atoms with Gasteiger partial charge in [0.15, 0.2) is 0 Å². The maximum Gasteiger partial charge on any atom is 0.408 e. The minimum atomic E-state index is -4.40. The van der Waals surface area contributed by atoms with Gasteiger partial charge in [-0.3, -0.25) is 9.78 Å². The lowest BCUT2D eigenvalue weighted by molar-refractivity contribution is -0.142. The quantitative estimate of drug-likeness (QED) is 0.286. The molecule has 0 radical (unpaired) electrons. The number of benzene rings is 2. The van der Waals surface area contributed by atoms with Gasteiger partial charge in [-0.2, -0.15) is 23.4 Å². The first kappa shape index (κ1) is 25.2. The van der Waals surface area contributed by atoms with Crippen LogP contribution in [0.3, 0.4) is 0 Å². The lowest BCUT2D eigenvalue weighted by atomic mass is 9.91. The van der Waals surface area contributed by atoms with Crippen LogP contribution < -0.4 is 10.6 Å². The summed E-state index contributed by atoms with van der Waals surface area (Å²) in [6.07, 6.45) is -0.589. The Kier molecular flexibility index (Phi) is 5.59. The van der Waals surface area contributed by atoms with Gasteiger partial charge in [0.05, 0.1) is 22.4 Å². The molecule has 0 spiro atoms. The van der Waals surface area contributed by atoms with Crippen molar-refractivity contribution in [3.8, 4) is 11.3 Å². The van der Waals surface area contributed by atoms with Crippen LogP contribution in [0.2, 0.25) is 5.02 Å². The molecule has 0 unspecified atom stereocenters. The Hall–Kier alpha value is -3.77. The number of halogens is 5. The summed E-state index contributed by atoms with van der Waals surface area (Å²) in [5.41, 5.74) is 8.79. The number of hydrogen-bond donors (Lipinski definition) is 2. The third-order valence-corrected chi connectivity index (χ3v) is 8.80.